The second-order valence-corrected chi connectivity index (χ2v) is 5.37. The van der Waals surface area contributed by atoms with Crippen LogP contribution in [0.3, 0.4) is 0 Å². The molecular formula is C20H17FN2O3. The fourth-order valence-corrected chi connectivity index (χ4v) is 2.28. The number of carbonyl (C=O) groups is 1. The largest absolute Gasteiger partial charge is 0.494 e. The lowest BCUT2D eigenvalue weighted by Crippen LogP contribution is -2.17. The van der Waals surface area contributed by atoms with Crippen LogP contribution in [0, 0.1) is 5.82 Å². The Morgan fingerprint density at radius 3 is 2.54 bits per heavy atom. The quantitative estimate of drug-likeness (QED) is 0.533. The van der Waals surface area contributed by atoms with Crippen LogP contribution >= 0.6 is 0 Å². The first-order chi connectivity index (χ1) is 12.7. The van der Waals surface area contributed by atoms with Gasteiger partial charge in [0.25, 0.3) is 5.91 Å². The fraction of sp³-hybridized carbons (Fsp3) is 0.100. The van der Waals surface area contributed by atoms with Crippen molar-refractivity contribution in [3.05, 3.63) is 77.8 Å². The fourth-order valence-electron chi connectivity index (χ4n) is 2.28. The minimum Gasteiger partial charge on any atom is -0.494 e. The molecule has 3 aromatic rings. The van der Waals surface area contributed by atoms with E-state index in [9.17, 15) is 9.18 Å². The number of nitrogens with one attached hydrogen (secondary N) is 1. The Bertz CT molecular complexity index is 900. The van der Waals surface area contributed by atoms with Crippen LogP contribution in [0.1, 0.15) is 23.0 Å². The summed E-state index contributed by atoms with van der Waals surface area (Å²) in [5.41, 5.74) is 3.66. The Kier molecular flexibility index (Phi) is 5.43. The Hall–Kier alpha value is -3.41. The normalized spacial score (nSPS) is 10.8. The highest BCUT2D eigenvalue weighted by molar-refractivity contribution is 5.94. The van der Waals surface area contributed by atoms with Crippen LogP contribution in [0.2, 0.25) is 0 Å². The molecule has 1 aromatic heterocycles. The van der Waals surface area contributed by atoms with Gasteiger partial charge in [-0.05, 0) is 67.6 Å². The van der Waals surface area contributed by atoms with Crippen molar-refractivity contribution >= 4 is 12.1 Å². The minimum atomic E-state index is -0.338. The van der Waals surface area contributed by atoms with Gasteiger partial charge in [-0.25, -0.2) is 9.82 Å². The molecule has 0 spiro atoms. The number of rotatable bonds is 6. The molecule has 132 valence electrons. The number of ether oxygens (including phenoxy) is 1. The summed E-state index contributed by atoms with van der Waals surface area (Å²) < 4.78 is 23.9. The van der Waals surface area contributed by atoms with Crippen LogP contribution in [0.25, 0.3) is 11.3 Å². The van der Waals surface area contributed by atoms with Gasteiger partial charge in [-0.3, -0.25) is 4.79 Å². The SMILES string of the molecule is CCOc1ccc(C(=O)N/N=C/c2ccc(-c3ccc(F)cc3)o2)cc1. The highest BCUT2D eigenvalue weighted by Crippen LogP contribution is 2.21. The molecule has 5 nitrogen and oxygen atoms in total. The highest BCUT2D eigenvalue weighted by atomic mass is 19.1. The first-order valence-corrected chi connectivity index (χ1v) is 8.08. The van der Waals surface area contributed by atoms with Crippen molar-refractivity contribution in [2.75, 3.05) is 6.61 Å². The number of halogens is 1. The van der Waals surface area contributed by atoms with E-state index >= 15 is 0 Å². The highest BCUT2D eigenvalue weighted by Gasteiger charge is 2.06. The van der Waals surface area contributed by atoms with E-state index in [1.54, 1.807) is 48.5 Å². The lowest BCUT2D eigenvalue weighted by Gasteiger charge is -2.03. The zero-order valence-corrected chi connectivity index (χ0v) is 14.1. The number of hydrazone groups is 1. The molecule has 0 radical (unpaired) electrons. The van der Waals surface area contributed by atoms with Gasteiger partial charge in [0.1, 0.15) is 23.1 Å². The molecule has 0 saturated carbocycles. The van der Waals surface area contributed by atoms with Crippen LogP contribution in [0.4, 0.5) is 4.39 Å². The number of carbonyl (C=O) groups excluding carboxylic acids is 1. The third-order valence-electron chi connectivity index (χ3n) is 3.54. The van der Waals surface area contributed by atoms with Crippen molar-refractivity contribution in [2.24, 2.45) is 5.10 Å². The monoisotopic (exact) mass is 352 g/mol. The smallest absolute Gasteiger partial charge is 0.271 e. The van der Waals surface area contributed by atoms with Crippen molar-refractivity contribution in [1.82, 2.24) is 5.43 Å². The molecule has 0 unspecified atom stereocenters. The van der Waals surface area contributed by atoms with E-state index < -0.39 is 0 Å². The van der Waals surface area contributed by atoms with E-state index in [0.717, 1.165) is 5.56 Å². The third-order valence-corrected chi connectivity index (χ3v) is 3.54. The number of amides is 1. The van der Waals surface area contributed by atoms with Crippen LogP contribution in [-0.4, -0.2) is 18.7 Å². The zero-order valence-electron chi connectivity index (χ0n) is 14.1. The number of hydrogen-bond acceptors (Lipinski definition) is 4. The lowest BCUT2D eigenvalue weighted by atomic mass is 10.2. The van der Waals surface area contributed by atoms with Gasteiger partial charge in [0.2, 0.25) is 0 Å². The first-order valence-electron chi connectivity index (χ1n) is 8.08. The van der Waals surface area contributed by atoms with Crippen molar-refractivity contribution in [3.63, 3.8) is 0 Å². The zero-order chi connectivity index (χ0) is 18.4. The van der Waals surface area contributed by atoms with E-state index in [1.807, 2.05) is 6.92 Å². The molecule has 6 heteroatoms. The minimum absolute atomic E-state index is 0.306. The molecule has 1 amide bonds. The topological polar surface area (TPSA) is 63.8 Å². The van der Waals surface area contributed by atoms with E-state index in [-0.39, 0.29) is 11.7 Å². The summed E-state index contributed by atoms with van der Waals surface area (Å²) in [4.78, 5) is 12.0. The maximum absolute atomic E-state index is 13.0. The standard InChI is InChI=1S/C20H17FN2O3/c1-2-25-17-9-5-15(6-10-17)20(24)23-22-13-18-11-12-19(26-18)14-3-7-16(21)8-4-14/h3-13H,2H2,1H3,(H,23,24)/b22-13+. The summed E-state index contributed by atoms with van der Waals surface area (Å²) in [7, 11) is 0. The van der Waals surface area contributed by atoms with E-state index in [2.05, 4.69) is 10.5 Å². The van der Waals surface area contributed by atoms with Crippen LogP contribution < -0.4 is 10.2 Å². The van der Waals surface area contributed by atoms with Gasteiger partial charge in [0, 0.05) is 11.1 Å². The van der Waals surface area contributed by atoms with Crippen molar-refractivity contribution in [2.45, 2.75) is 6.92 Å². The summed E-state index contributed by atoms with van der Waals surface area (Å²) in [5, 5.41) is 3.89. The number of benzene rings is 2. The van der Waals surface area contributed by atoms with Gasteiger partial charge in [0.05, 0.1) is 12.8 Å². The molecule has 3 rings (SSSR count). The Morgan fingerprint density at radius 1 is 1.12 bits per heavy atom. The number of nitrogens with zero attached hydrogens (tertiary/aromatic N) is 1. The van der Waals surface area contributed by atoms with Gasteiger partial charge in [-0.15, -0.1) is 0 Å². The summed E-state index contributed by atoms with van der Waals surface area (Å²) in [6, 6.07) is 16.2. The number of furan rings is 1. The lowest BCUT2D eigenvalue weighted by molar-refractivity contribution is 0.0955. The van der Waals surface area contributed by atoms with Crippen molar-refractivity contribution in [1.29, 1.82) is 0 Å². The van der Waals surface area contributed by atoms with Crippen LogP contribution in [0.5, 0.6) is 5.75 Å². The third kappa shape index (κ3) is 4.36. The molecule has 0 bridgehead atoms. The molecule has 0 saturated heterocycles. The molecule has 2 aromatic carbocycles. The van der Waals surface area contributed by atoms with E-state index in [1.165, 1.54) is 18.3 Å². The summed E-state index contributed by atoms with van der Waals surface area (Å²) >= 11 is 0. The van der Waals surface area contributed by atoms with Gasteiger partial charge < -0.3 is 9.15 Å². The predicted molar refractivity (Wildman–Crippen MR) is 96.8 cm³/mol. The molecule has 0 aliphatic carbocycles. The summed E-state index contributed by atoms with van der Waals surface area (Å²) in [5.74, 6) is 1.12. The Labute approximate surface area is 150 Å². The van der Waals surface area contributed by atoms with Crippen LogP contribution in [-0.2, 0) is 0 Å². The average molecular weight is 352 g/mol. The van der Waals surface area contributed by atoms with E-state index in [4.69, 9.17) is 9.15 Å². The number of hydrogen-bond donors (Lipinski definition) is 1. The van der Waals surface area contributed by atoms with Gasteiger partial charge in [-0.2, -0.15) is 5.10 Å². The Balaban J connectivity index is 1.60. The molecule has 0 aliphatic rings. The van der Waals surface area contributed by atoms with Gasteiger partial charge >= 0.3 is 0 Å². The van der Waals surface area contributed by atoms with Crippen LogP contribution in [0.15, 0.2) is 70.2 Å². The average Bonchev–Trinajstić information content (AvgIpc) is 3.12. The predicted octanol–water partition coefficient (Wildman–Crippen LogP) is 4.25. The molecule has 1 N–H and O–H groups in total. The molecule has 0 aliphatic heterocycles. The van der Waals surface area contributed by atoms with E-state index in [0.29, 0.717) is 29.4 Å². The van der Waals surface area contributed by atoms with Gasteiger partial charge in [0.15, 0.2) is 0 Å². The first kappa shape index (κ1) is 17.4. The summed E-state index contributed by atoms with van der Waals surface area (Å²) in [6.07, 6.45) is 1.40. The molecule has 0 atom stereocenters. The summed E-state index contributed by atoms with van der Waals surface area (Å²) in [6.45, 7) is 2.46. The maximum Gasteiger partial charge on any atom is 0.271 e. The maximum atomic E-state index is 13.0. The molecule has 1 heterocycles. The Morgan fingerprint density at radius 2 is 1.85 bits per heavy atom. The van der Waals surface area contributed by atoms with Crippen molar-refractivity contribution < 1.29 is 18.3 Å². The second kappa shape index (κ2) is 8.11. The van der Waals surface area contributed by atoms with Crippen molar-refractivity contribution in [3.8, 4) is 17.1 Å². The second-order valence-electron chi connectivity index (χ2n) is 5.37. The molecule has 0 fully saturated rings. The molecular weight excluding hydrogens is 335 g/mol. The van der Waals surface area contributed by atoms with Gasteiger partial charge in [-0.1, -0.05) is 0 Å². The molecule has 26 heavy (non-hydrogen) atoms.